The molecule has 0 aromatic heterocycles. The minimum Gasteiger partial charge on any atom is -0.479 e. The molecule has 0 spiro atoms. The summed E-state index contributed by atoms with van der Waals surface area (Å²) >= 11 is 0. The molecule has 0 radical (unpaired) electrons. The van der Waals surface area contributed by atoms with Gasteiger partial charge in [-0.15, -0.1) is 0 Å². The summed E-state index contributed by atoms with van der Waals surface area (Å²) in [4.78, 5) is 38.5. The zero-order chi connectivity index (χ0) is 22.0. The molecule has 8 nitrogen and oxygen atoms in total. The molecule has 0 bridgehead atoms. The van der Waals surface area contributed by atoms with E-state index in [9.17, 15) is 24.7 Å². The first kappa shape index (κ1) is 20.1. The second-order valence-corrected chi connectivity index (χ2v) is 7.14. The van der Waals surface area contributed by atoms with Gasteiger partial charge in [-0.1, -0.05) is 78.0 Å². The van der Waals surface area contributed by atoms with E-state index in [2.05, 4.69) is 10.5 Å². The predicted octanol–water partition coefficient (Wildman–Crippen LogP) is 2.17. The van der Waals surface area contributed by atoms with Gasteiger partial charge in [0.2, 0.25) is 5.91 Å². The van der Waals surface area contributed by atoms with E-state index < -0.39 is 29.9 Å². The quantitative estimate of drug-likeness (QED) is 0.246. The fourth-order valence-corrected chi connectivity index (χ4v) is 3.77. The van der Waals surface area contributed by atoms with Crippen LogP contribution < -0.4 is 5.32 Å². The van der Waals surface area contributed by atoms with E-state index in [1.54, 1.807) is 42.5 Å². The lowest BCUT2D eigenvalue weighted by molar-refractivity contribution is -0.159. The lowest BCUT2D eigenvalue weighted by atomic mass is 9.94. The number of amides is 2. The summed E-state index contributed by atoms with van der Waals surface area (Å²) in [5, 5.41) is 26.3. The Balaban J connectivity index is 1.53. The molecule has 2 unspecified atom stereocenters. The summed E-state index contributed by atoms with van der Waals surface area (Å²) in [6, 6.07) is 18.9. The smallest absolute Gasteiger partial charge is 0.331 e. The molecule has 1 aliphatic heterocycles. The molecule has 1 fully saturated rings. The topological polar surface area (TPSA) is 119 Å². The largest absolute Gasteiger partial charge is 0.479 e. The van der Waals surface area contributed by atoms with Crippen molar-refractivity contribution >= 4 is 34.3 Å². The van der Waals surface area contributed by atoms with Crippen molar-refractivity contribution in [2.75, 3.05) is 6.54 Å². The minimum atomic E-state index is -1.17. The zero-order valence-corrected chi connectivity index (χ0v) is 16.3. The Kier molecular flexibility index (Phi) is 5.36. The number of carbonyl (C=O) groups is 3. The molecule has 1 heterocycles. The van der Waals surface area contributed by atoms with E-state index in [0.717, 1.165) is 10.8 Å². The van der Waals surface area contributed by atoms with Crippen molar-refractivity contribution in [1.29, 1.82) is 0 Å². The van der Waals surface area contributed by atoms with E-state index in [4.69, 9.17) is 0 Å². The summed E-state index contributed by atoms with van der Waals surface area (Å²) in [6.07, 6.45) is 0. The summed E-state index contributed by atoms with van der Waals surface area (Å²) in [5.74, 6) is -2.39. The molecule has 3 aromatic carbocycles. The Hall–Kier alpha value is -4.20. The average Bonchev–Trinajstić information content (AvgIpc) is 2.79. The molecular weight excluding hydrogens is 398 g/mol. The highest BCUT2D eigenvalue weighted by molar-refractivity contribution is 6.45. The number of β-lactam (4-membered cyclic amide) rings is 1. The van der Waals surface area contributed by atoms with Crippen molar-refractivity contribution in [3.05, 3.63) is 83.9 Å². The van der Waals surface area contributed by atoms with Gasteiger partial charge < -0.3 is 20.5 Å². The van der Waals surface area contributed by atoms with Gasteiger partial charge in [-0.2, -0.15) is 0 Å². The van der Waals surface area contributed by atoms with E-state index in [1.165, 1.54) is 4.90 Å². The standard InChI is InChI=1S/C23H19N3O5/c27-21(19(25-31)15-8-2-1-3-9-15)24-18-13-26(22(18)28)20(23(29)30)17-12-6-10-14-7-4-5-11-16(14)17/h1-12,18,20,31H,13H2,(H,24,27)(H,29,30). The van der Waals surface area contributed by atoms with Crippen LogP contribution in [0.5, 0.6) is 0 Å². The van der Waals surface area contributed by atoms with Gasteiger partial charge in [0.15, 0.2) is 11.8 Å². The van der Waals surface area contributed by atoms with Crippen LogP contribution in [0.1, 0.15) is 17.2 Å². The van der Waals surface area contributed by atoms with Crippen LogP contribution in [-0.2, 0) is 14.4 Å². The van der Waals surface area contributed by atoms with Crippen LogP contribution in [-0.4, -0.2) is 51.3 Å². The van der Waals surface area contributed by atoms with Crippen LogP contribution in [0.25, 0.3) is 10.8 Å². The lowest BCUT2D eigenvalue weighted by Gasteiger charge is -2.42. The molecule has 4 rings (SSSR count). The van der Waals surface area contributed by atoms with E-state index >= 15 is 0 Å². The predicted molar refractivity (Wildman–Crippen MR) is 113 cm³/mol. The fraction of sp³-hybridized carbons (Fsp3) is 0.130. The van der Waals surface area contributed by atoms with Crippen LogP contribution in [0.4, 0.5) is 0 Å². The highest BCUT2D eigenvalue weighted by Crippen LogP contribution is 2.32. The molecule has 8 heteroatoms. The van der Waals surface area contributed by atoms with Crippen molar-refractivity contribution in [2.45, 2.75) is 12.1 Å². The van der Waals surface area contributed by atoms with Crippen LogP contribution >= 0.6 is 0 Å². The van der Waals surface area contributed by atoms with Crippen LogP contribution in [0.2, 0.25) is 0 Å². The number of likely N-dealkylation sites (tertiary alicyclic amines) is 1. The second-order valence-electron chi connectivity index (χ2n) is 7.14. The van der Waals surface area contributed by atoms with Crippen LogP contribution in [0.15, 0.2) is 78.0 Å². The summed E-state index contributed by atoms with van der Waals surface area (Å²) in [7, 11) is 0. The minimum absolute atomic E-state index is 0.0261. The summed E-state index contributed by atoms with van der Waals surface area (Å²) in [6.45, 7) is 0.0261. The molecule has 156 valence electrons. The third kappa shape index (κ3) is 3.71. The van der Waals surface area contributed by atoms with Crippen molar-refractivity contribution in [1.82, 2.24) is 10.2 Å². The van der Waals surface area contributed by atoms with E-state index in [0.29, 0.717) is 11.1 Å². The van der Waals surface area contributed by atoms with Gasteiger partial charge >= 0.3 is 5.97 Å². The number of fused-ring (bicyclic) bond motifs is 1. The Morgan fingerprint density at radius 3 is 2.35 bits per heavy atom. The maximum Gasteiger partial charge on any atom is 0.331 e. The zero-order valence-electron chi connectivity index (χ0n) is 16.3. The number of rotatable bonds is 6. The van der Waals surface area contributed by atoms with Gasteiger partial charge in [0, 0.05) is 5.56 Å². The Bertz CT molecular complexity index is 1190. The molecule has 1 aliphatic rings. The number of nitrogens with zero attached hydrogens (tertiary/aromatic N) is 2. The van der Waals surface area contributed by atoms with Gasteiger partial charge in [-0.25, -0.2) is 4.79 Å². The van der Waals surface area contributed by atoms with Crippen LogP contribution in [0, 0.1) is 0 Å². The molecule has 0 aliphatic carbocycles. The summed E-state index contributed by atoms with van der Waals surface area (Å²) < 4.78 is 0. The maximum atomic E-state index is 12.7. The van der Waals surface area contributed by atoms with Gasteiger partial charge in [-0.05, 0) is 16.3 Å². The molecule has 2 atom stereocenters. The van der Waals surface area contributed by atoms with Gasteiger partial charge in [0.25, 0.3) is 5.91 Å². The molecule has 3 aromatic rings. The van der Waals surface area contributed by atoms with Crippen molar-refractivity contribution in [3.8, 4) is 0 Å². The van der Waals surface area contributed by atoms with E-state index in [-0.39, 0.29) is 12.3 Å². The third-order valence-electron chi connectivity index (χ3n) is 5.29. The Morgan fingerprint density at radius 1 is 1.00 bits per heavy atom. The van der Waals surface area contributed by atoms with Crippen LogP contribution in [0.3, 0.4) is 0 Å². The lowest BCUT2D eigenvalue weighted by Crippen LogP contribution is -2.66. The maximum absolute atomic E-state index is 12.7. The summed E-state index contributed by atoms with van der Waals surface area (Å²) in [5.41, 5.74) is 0.673. The monoisotopic (exact) mass is 417 g/mol. The number of hydrogen-bond acceptors (Lipinski definition) is 5. The third-order valence-corrected chi connectivity index (χ3v) is 5.29. The first-order chi connectivity index (χ1) is 15.0. The van der Waals surface area contributed by atoms with Gasteiger partial charge in [0.05, 0.1) is 6.54 Å². The number of benzene rings is 3. The number of aliphatic carboxylic acids is 1. The van der Waals surface area contributed by atoms with Gasteiger partial charge in [0.1, 0.15) is 6.04 Å². The Morgan fingerprint density at radius 2 is 1.68 bits per heavy atom. The van der Waals surface area contributed by atoms with Gasteiger partial charge in [-0.3, -0.25) is 9.59 Å². The number of oxime groups is 1. The molecule has 1 saturated heterocycles. The first-order valence-electron chi connectivity index (χ1n) is 9.60. The number of carbonyl (C=O) groups excluding carboxylic acids is 2. The number of nitrogens with one attached hydrogen (secondary N) is 1. The normalized spacial score (nSPS) is 17.2. The SMILES string of the molecule is O=C(NC1CN(C(C(=O)O)c2cccc3ccccc23)C1=O)C(=NO)c1ccccc1. The first-order valence-corrected chi connectivity index (χ1v) is 9.60. The van der Waals surface area contributed by atoms with Crippen molar-refractivity contribution < 1.29 is 24.7 Å². The molecule has 0 saturated carbocycles. The molecule has 2 amide bonds. The molecule has 3 N–H and O–H groups in total. The highest BCUT2D eigenvalue weighted by atomic mass is 16.4. The number of carboxylic acids is 1. The number of hydrogen-bond donors (Lipinski definition) is 3. The average molecular weight is 417 g/mol. The highest BCUT2D eigenvalue weighted by Gasteiger charge is 2.45. The molecular formula is C23H19N3O5. The second kappa shape index (κ2) is 8.27. The molecule has 31 heavy (non-hydrogen) atoms. The fourth-order valence-electron chi connectivity index (χ4n) is 3.77. The Labute approximate surface area is 177 Å². The van der Waals surface area contributed by atoms with E-state index in [1.807, 2.05) is 30.3 Å². The van der Waals surface area contributed by atoms with Crippen molar-refractivity contribution in [3.63, 3.8) is 0 Å². The van der Waals surface area contributed by atoms with Crippen molar-refractivity contribution in [2.24, 2.45) is 5.16 Å². The number of carboxylic acid groups (broad SMARTS) is 1.